The number of aromatic nitrogens is 2. The number of rotatable bonds is 5. The Morgan fingerprint density at radius 3 is 3.05 bits per heavy atom. The van der Waals surface area contributed by atoms with E-state index in [-0.39, 0.29) is 0 Å². The first-order valence-corrected chi connectivity index (χ1v) is 7.81. The Labute approximate surface area is 122 Å². The third kappa shape index (κ3) is 2.49. The van der Waals surface area contributed by atoms with Crippen molar-refractivity contribution in [3.05, 3.63) is 53.4 Å². The average Bonchev–Trinajstić information content (AvgIpc) is 3.06. The third-order valence-corrected chi connectivity index (χ3v) is 4.49. The van der Waals surface area contributed by atoms with Crippen LogP contribution in [0, 0.1) is 0 Å². The maximum absolute atomic E-state index is 10.5. The molecule has 0 amide bonds. The lowest BCUT2D eigenvalue weighted by atomic mass is 10.1. The quantitative estimate of drug-likeness (QED) is 0.775. The zero-order valence-electron chi connectivity index (χ0n) is 11.5. The fourth-order valence-electron chi connectivity index (χ4n) is 2.51. The van der Waals surface area contributed by atoms with Crippen molar-refractivity contribution < 1.29 is 5.11 Å². The highest BCUT2D eigenvalue weighted by molar-refractivity contribution is 7.17. The summed E-state index contributed by atoms with van der Waals surface area (Å²) in [7, 11) is 0. The molecular formula is C16H18N2OS. The molecule has 0 aliphatic rings. The van der Waals surface area contributed by atoms with Crippen LogP contribution < -0.4 is 0 Å². The minimum atomic E-state index is -0.496. The van der Waals surface area contributed by atoms with Gasteiger partial charge in [0, 0.05) is 30.1 Å². The number of hydrogen-bond donors (Lipinski definition) is 1. The van der Waals surface area contributed by atoms with E-state index in [1.807, 2.05) is 24.5 Å². The van der Waals surface area contributed by atoms with Crippen molar-refractivity contribution in [3.63, 3.8) is 0 Å². The first-order chi connectivity index (χ1) is 9.79. The van der Waals surface area contributed by atoms with Gasteiger partial charge in [0.15, 0.2) is 0 Å². The van der Waals surface area contributed by atoms with Gasteiger partial charge in [-0.05, 0) is 28.8 Å². The fraction of sp³-hybridized carbons (Fsp3) is 0.312. The molecule has 3 nitrogen and oxygen atoms in total. The lowest BCUT2D eigenvalue weighted by Gasteiger charge is -2.11. The van der Waals surface area contributed by atoms with Crippen LogP contribution in [0.1, 0.15) is 30.8 Å². The zero-order chi connectivity index (χ0) is 13.9. The second-order valence-electron chi connectivity index (χ2n) is 4.94. The lowest BCUT2D eigenvalue weighted by Crippen LogP contribution is -2.08. The SMILES string of the molecule is CCCn1ccnc1CC(O)c1csc2ccccc12. The van der Waals surface area contributed by atoms with Gasteiger partial charge in [0.05, 0.1) is 6.10 Å². The maximum atomic E-state index is 10.5. The second kappa shape index (κ2) is 5.77. The predicted octanol–water partition coefficient (Wildman–Crippen LogP) is 3.78. The highest BCUT2D eigenvalue weighted by atomic mass is 32.1. The van der Waals surface area contributed by atoms with E-state index in [4.69, 9.17) is 0 Å². The number of benzene rings is 1. The van der Waals surface area contributed by atoms with Crippen LogP contribution in [0.25, 0.3) is 10.1 Å². The Balaban J connectivity index is 1.85. The number of fused-ring (bicyclic) bond motifs is 1. The van der Waals surface area contributed by atoms with E-state index in [9.17, 15) is 5.11 Å². The number of thiophene rings is 1. The van der Waals surface area contributed by atoms with Gasteiger partial charge in [-0.15, -0.1) is 11.3 Å². The highest BCUT2D eigenvalue weighted by Gasteiger charge is 2.16. The van der Waals surface area contributed by atoms with Gasteiger partial charge in [-0.2, -0.15) is 0 Å². The Bertz CT molecular complexity index is 701. The normalized spacial score (nSPS) is 12.9. The molecule has 0 aliphatic carbocycles. The molecule has 0 saturated carbocycles. The second-order valence-corrected chi connectivity index (χ2v) is 5.86. The van der Waals surface area contributed by atoms with Crippen molar-refractivity contribution in [1.82, 2.24) is 9.55 Å². The number of aliphatic hydroxyl groups excluding tert-OH is 1. The van der Waals surface area contributed by atoms with Crippen LogP contribution in [-0.2, 0) is 13.0 Å². The average molecular weight is 286 g/mol. The van der Waals surface area contributed by atoms with E-state index in [2.05, 4.69) is 34.0 Å². The Morgan fingerprint density at radius 2 is 2.20 bits per heavy atom. The van der Waals surface area contributed by atoms with Crippen molar-refractivity contribution in [3.8, 4) is 0 Å². The van der Waals surface area contributed by atoms with Gasteiger partial charge in [-0.3, -0.25) is 0 Å². The number of aliphatic hydroxyl groups is 1. The number of imidazole rings is 1. The summed E-state index contributed by atoms with van der Waals surface area (Å²) in [6.07, 6.45) is 4.93. The Morgan fingerprint density at radius 1 is 1.35 bits per heavy atom. The summed E-state index contributed by atoms with van der Waals surface area (Å²) in [6, 6.07) is 8.21. The van der Waals surface area contributed by atoms with E-state index < -0.39 is 6.10 Å². The first-order valence-electron chi connectivity index (χ1n) is 6.93. The number of aryl methyl sites for hydroxylation is 1. The molecule has 0 spiro atoms. The summed E-state index contributed by atoms with van der Waals surface area (Å²) in [5.74, 6) is 0.953. The van der Waals surface area contributed by atoms with Gasteiger partial charge in [0.2, 0.25) is 0 Å². The number of nitrogens with zero attached hydrogens (tertiary/aromatic N) is 2. The lowest BCUT2D eigenvalue weighted by molar-refractivity contribution is 0.176. The van der Waals surface area contributed by atoms with Gasteiger partial charge in [0.1, 0.15) is 5.82 Å². The fourth-order valence-corrected chi connectivity index (χ4v) is 3.52. The number of hydrogen-bond acceptors (Lipinski definition) is 3. The van der Waals surface area contributed by atoms with Crippen molar-refractivity contribution in [2.75, 3.05) is 0 Å². The molecule has 1 aromatic carbocycles. The van der Waals surface area contributed by atoms with Crippen molar-refractivity contribution in [2.24, 2.45) is 0 Å². The summed E-state index contributed by atoms with van der Waals surface area (Å²) < 4.78 is 3.34. The molecule has 0 bridgehead atoms. The summed E-state index contributed by atoms with van der Waals surface area (Å²) >= 11 is 1.68. The maximum Gasteiger partial charge on any atom is 0.111 e. The largest absolute Gasteiger partial charge is 0.388 e. The molecule has 4 heteroatoms. The minimum Gasteiger partial charge on any atom is -0.388 e. The van der Waals surface area contributed by atoms with Crippen LogP contribution >= 0.6 is 11.3 Å². The molecule has 0 saturated heterocycles. The zero-order valence-corrected chi connectivity index (χ0v) is 12.3. The molecule has 2 heterocycles. The van der Waals surface area contributed by atoms with Crippen LogP contribution in [0.3, 0.4) is 0 Å². The topological polar surface area (TPSA) is 38.0 Å². The van der Waals surface area contributed by atoms with E-state index >= 15 is 0 Å². The van der Waals surface area contributed by atoms with Gasteiger partial charge in [0.25, 0.3) is 0 Å². The molecule has 1 atom stereocenters. The van der Waals surface area contributed by atoms with Gasteiger partial charge >= 0.3 is 0 Å². The van der Waals surface area contributed by atoms with Gasteiger partial charge in [-0.1, -0.05) is 25.1 Å². The van der Waals surface area contributed by atoms with Crippen LogP contribution in [0.5, 0.6) is 0 Å². The van der Waals surface area contributed by atoms with E-state index in [0.29, 0.717) is 6.42 Å². The van der Waals surface area contributed by atoms with Crippen LogP contribution in [0.4, 0.5) is 0 Å². The summed E-state index contributed by atoms with van der Waals surface area (Å²) in [5.41, 5.74) is 1.01. The summed E-state index contributed by atoms with van der Waals surface area (Å²) in [6.45, 7) is 3.10. The monoisotopic (exact) mass is 286 g/mol. The molecule has 0 fully saturated rings. The molecule has 104 valence electrons. The minimum absolute atomic E-state index is 0.496. The summed E-state index contributed by atoms with van der Waals surface area (Å²) in [5, 5.41) is 13.7. The van der Waals surface area contributed by atoms with Crippen LogP contribution in [-0.4, -0.2) is 14.7 Å². The molecule has 1 unspecified atom stereocenters. The van der Waals surface area contributed by atoms with Crippen molar-refractivity contribution in [1.29, 1.82) is 0 Å². The molecule has 3 rings (SSSR count). The van der Waals surface area contributed by atoms with E-state index in [1.165, 1.54) is 4.70 Å². The van der Waals surface area contributed by atoms with E-state index in [1.54, 1.807) is 11.3 Å². The molecule has 0 aliphatic heterocycles. The Kier molecular flexibility index (Phi) is 3.85. The smallest absolute Gasteiger partial charge is 0.111 e. The standard InChI is InChI=1S/C16H18N2OS/c1-2-8-18-9-7-17-16(18)10-14(19)13-11-20-15-6-4-3-5-12(13)15/h3-7,9,11,14,19H,2,8,10H2,1H3. The van der Waals surface area contributed by atoms with Gasteiger partial charge < -0.3 is 9.67 Å². The molecule has 2 aromatic heterocycles. The Hall–Kier alpha value is -1.65. The first kappa shape index (κ1) is 13.3. The van der Waals surface area contributed by atoms with Crippen molar-refractivity contribution in [2.45, 2.75) is 32.4 Å². The molecular weight excluding hydrogens is 268 g/mol. The van der Waals surface area contributed by atoms with Crippen LogP contribution in [0.15, 0.2) is 42.0 Å². The predicted molar refractivity (Wildman–Crippen MR) is 83.0 cm³/mol. The molecule has 0 radical (unpaired) electrons. The highest BCUT2D eigenvalue weighted by Crippen LogP contribution is 2.31. The molecule has 20 heavy (non-hydrogen) atoms. The van der Waals surface area contributed by atoms with Crippen LogP contribution in [0.2, 0.25) is 0 Å². The van der Waals surface area contributed by atoms with Gasteiger partial charge in [-0.25, -0.2) is 4.98 Å². The van der Waals surface area contributed by atoms with E-state index in [0.717, 1.165) is 29.7 Å². The molecule has 3 aromatic rings. The third-order valence-electron chi connectivity index (χ3n) is 3.51. The molecule has 1 N–H and O–H groups in total. The summed E-state index contributed by atoms with van der Waals surface area (Å²) in [4.78, 5) is 4.37. The van der Waals surface area contributed by atoms with Crippen molar-refractivity contribution >= 4 is 21.4 Å².